The lowest BCUT2D eigenvalue weighted by atomic mass is 10.1. The number of ether oxygens (including phenoxy) is 3. The lowest BCUT2D eigenvalue weighted by Gasteiger charge is -2.16. The normalized spacial score (nSPS) is 14.1. The molecule has 1 aliphatic rings. The maximum atomic E-state index is 11.8. The molecule has 6 nitrogen and oxygen atoms in total. The minimum atomic E-state index is -0.00451. The molecule has 0 aromatic heterocycles. The molecule has 43 heavy (non-hydrogen) atoms. The second-order valence-electron chi connectivity index (χ2n) is 12.2. The van der Waals surface area contributed by atoms with Crippen molar-refractivity contribution in [2.45, 2.75) is 183 Å². The molecule has 1 atom stereocenters. The fourth-order valence-electron chi connectivity index (χ4n) is 4.47. The molecule has 0 N–H and O–H groups in total. The summed E-state index contributed by atoms with van der Waals surface area (Å²) >= 11 is 0. The van der Waals surface area contributed by atoms with E-state index in [2.05, 4.69) is 51.2 Å². The summed E-state index contributed by atoms with van der Waals surface area (Å²) in [6.45, 7) is 23.1. The molecule has 0 aliphatic carbocycles. The lowest BCUT2D eigenvalue weighted by molar-refractivity contribution is -0.143. The van der Waals surface area contributed by atoms with E-state index < -0.39 is 0 Å². The van der Waals surface area contributed by atoms with Crippen LogP contribution in [-0.2, 0) is 23.8 Å². The van der Waals surface area contributed by atoms with Crippen LogP contribution in [0.1, 0.15) is 177 Å². The van der Waals surface area contributed by atoms with Gasteiger partial charge < -0.3 is 19.1 Å². The van der Waals surface area contributed by atoms with E-state index in [1.54, 1.807) is 0 Å². The molecule has 0 saturated carbocycles. The number of carbonyl (C=O) groups excluding carboxylic acids is 2. The van der Waals surface area contributed by atoms with Gasteiger partial charge in [-0.25, -0.2) is 0 Å². The van der Waals surface area contributed by atoms with Gasteiger partial charge in [0.15, 0.2) is 0 Å². The highest BCUT2D eigenvalue weighted by Crippen LogP contribution is 2.15. The van der Waals surface area contributed by atoms with Crippen molar-refractivity contribution in [3.05, 3.63) is 0 Å². The van der Waals surface area contributed by atoms with Gasteiger partial charge in [0.25, 0.3) is 6.47 Å². The van der Waals surface area contributed by atoms with Crippen LogP contribution in [0, 0.1) is 5.92 Å². The van der Waals surface area contributed by atoms with Crippen LogP contribution >= 0.6 is 0 Å². The number of nitrogens with zero attached hydrogens (tertiary/aromatic N) is 1. The second kappa shape index (κ2) is 40.9. The number of unbranched alkanes of at least 4 members (excludes halogenated alkanes) is 13. The highest BCUT2D eigenvalue weighted by atomic mass is 16.5. The van der Waals surface area contributed by atoms with Gasteiger partial charge in [0.1, 0.15) is 0 Å². The molecule has 0 radical (unpaired) electrons. The first-order chi connectivity index (χ1) is 20.9. The average molecular weight is 616 g/mol. The van der Waals surface area contributed by atoms with Gasteiger partial charge >= 0.3 is 5.97 Å². The molecule has 1 saturated heterocycles. The van der Waals surface area contributed by atoms with Crippen molar-refractivity contribution >= 4 is 12.4 Å². The molecule has 1 aliphatic heterocycles. The Bertz CT molecular complexity index is 526. The third-order valence-electron chi connectivity index (χ3n) is 6.88. The fraction of sp³-hybridized carbons (Fsp3) is 0.946. The van der Waals surface area contributed by atoms with Crippen LogP contribution < -0.4 is 0 Å². The van der Waals surface area contributed by atoms with E-state index in [-0.39, 0.29) is 5.97 Å². The summed E-state index contributed by atoms with van der Waals surface area (Å²) in [7, 11) is 0. The first-order valence-electron chi connectivity index (χ1n) is 18.5. The van der Waals surface area contributed by atoms with Gasteiger partial charge in [0.05, 0.1) is 19.3 Å². The third kappa shape index (κ3) is 43.0. The van der Waals surface area contributed by atoms with Crippen LogP contribution in [0.4, 0.5) is 0 Å². The summed E-state index contributed by atoms with van der Waals surface area (Å²) in [6.07, 6.45) is 22.8. The third-order valence-corrected chi connectivity index (χ3v) is 6.88. The average Bonchev–Trinajstić information content (AvgIpc) is 3.45. The van der Waals surface area contributed by atoms with E-state index in [1.165, 1.54) is 83.5 Å². The van der Waals surface area contributed by atoms with E-state index in [0.29, 0.717) is 32.2 Å². The number of hydrogen-bond donors (Lipinski definition) is 0. The van der Waals surface area contributed by atoms with Crippen molar-refractivity contribution in [1.29, 1.82) is 0 Å². The quantitative estimate of drug-likeness (QED) is 0.0578. The van der Waals surface area contributed by atoms with Crippen molar-refractivity contribution in [2.75, 3.05) is 39.5 Å². The van der Waals surface area contributed by atoms with Crippen molar-refractivity contribution in [2.24, 2.45) is 5.92 Å². The molecular weight excluding hydrogens is 538 g/mol. The molecule has 0 aromatic carbocycles. The van der Waals surface area contributed by atoms with Gasteiger partial charge in [-0.05, 0) is 51.0 Å². The number of hydrogen-bond acceptors (Lipinski definition) is 6. The van der Waals surface area contributed by atoms with E-state index >= 15 is 0 Å². The Morgan fingerprint density at radius 1 is 0.721 bits per heavy atom. The Morgan fingerprint density at radius 3 is 1.81 bits per heavy atom. The largest absolute Gasteiger partial charge is 0.468 e. The van der Waals surface area contributed by atoms with Gasteiger partial charge in [-0.2, -0.15) is 0 Å². The summed E-state index contributed by atoms with van der Waals surface area (Å²) in [5.41, 5.74) is 0. The van der Waals surface area contributed by atoms with E-state index in [1.807, 2.05) is 13.8 Å². The van der Waals surface area contributed by atoms with Crippen LogP contribution in [0.3, 0.4) is 0 Å². The van der Waals surface area contributed by atoms with Gasteiger partial charge in [0, 0.05) is 26.1 Å². The summed E-state index contributed by atoms with van der Waals surface area (Å²) < 4.78 is 15.7. The molecule has 0 aromatic rings. The maximum absolute atomic E-state index is 11.8. The highest BCUT2D eigenvalue weighted by Gasteiger charge is 2.22. The Hall–Kier alpha value is -1.14. The van der Waals surface area contributed by atoms with Crippen LogP contribution in [0.5, 0.6) is 0 Å². The molecule has 0 spiro atoms. The predicted molar refractivity (Wildman–Crippen MR) is 186 cm³/mol. The molecular formula is C37H77NO5. The number of rotatable bonds is 25. The Balaban J connectivity index is -0.000000949. The van der Waals surface area contributed by atoms with Crippen molar-refractivity contribution < 1.29 is 23.8 Å². The zero-order valence-corrected chi connectivity index (χ0v) is 30.4. The first kappa shape index (κ1) is 46.3. The summed E-state index contributed by atoms with van der Waals surface area (Å²) in [5, 5.41) is 0. The number of esters is 1. The zero-order chi connectivity index (χ0) is 32.8. The van der Waals surface area contributed by atoms with Gasteiger partial charge in [-0.3, -0.25) is 9.59 Å². The molecule has 1 fully saturated rings. The van der Waals surface area contributed by atoms with Crippen molar-refractivity contribution in [3.8, 4) is 0 Å². The van der Waals surface area contributed by atoms with Gasteiger partial charge in [-0.15, -0.1) is 0 Å². The Labute approximate surface area is 269 Å². The van der Waals surface area contributed by atoms with Crippen LogP contribution in [0.15, 0.2) is 0 Å². The van der Waals surface area contributed by atoms with Crippen LogP contribution in [0.2, 0.25) is 0 Å². The zero-order valence-electron chi connectivity index (χ0n) is 30.4. The summed E-state index contributed by atoms with van der Waals surface area (Å²) in [4.78, 5) is 23.9. The number of carbonyl (C=O) groups is 2. The van der Waals surface area contributed by atoms with Crippen LogP contribution in [-0.4, -0.2) is 62.9 Å². The minimum Gasteiger partial charge on any atom is -0.468 e. The SMILES string of the molecule is CC.CC(C)C.CCCCCCCCCCCOC(=O)CCCCCN1CCC(OCCCC)C1.CCCCCOC=O. The summed E-state index contributed by atoms with van der Waals surface area (Å²) in [5.74, 6) is 0.829. The lowest BCUT2D eigenvalue weighted by Crippen LogP contribution is -2.24. The molecule has 1 rings (SSSR count). The topological polar surface area (TPSA) is 65.1 Å². The highest BCUT2D eigenvalue weighted by molar-refractivity contribution is 5.69. The molecule has 0 amide bonds. The number of likely N-dealkylation sites (tertiary alicyclic amines) is 1. The molecule has 6 heteroatoms. The molecule has 1 unspecified atom stereocenters. The fourth-order valence-corrected chi connectivity index (χ4v) is 4.47. The molecule has 1 heterocycles. The minimum absolute atomic E-state index is 0.00451. The first-order valence-corrected chi connectivity index (χ1v) is 18.5. The predicted octanol–water partition coefficient (Wildman–Crippen LogP) is 10.5. The molecule has 0 bridgehead atoms. The van der Waals surface area contributed by atoms with E-state index in [9.17, 15) is 9.59 Å². The van der Waals surface area contributed by atoms with Gasteiger partial charge in [-0.1, -0.05) is 132 Å². The monoisotopic (exact) mass is 616 g/mol. The standard InChI is InChI=1S/C25H49NO3.C6H12O2.C4H10.C2H6/c1-3-5-7-8-9-10-11-12-16-22-29-25(27)17-14-13-15-19-26-20-18-24(23-26)28-21-6-4-2;1-2-3-4-5-8-6-7;1-4(2)3;1-2/h24H,3-23H2,1-2H3;6H,2-5H2,1H3;4H,1-3H3;1-2H3. The van der Waals surface area contributed by atoms with E-state index in [4.69, 9.17) is 9.47 Å². The Kier molecular flexibility index (Phi) is 44.0. The summed E-state index contributed by atoms with van der Waals surface area (Å²) in [6, 6.07) is 0. The maximum Gasteiger partial charge on any atom is 0.305 e. The van der Waals surface area contributed by atoms with Crippen LogP contribution in [0.25, 0.3) is 0 Å². The molecule has 260 valence electrons. The Morgan fingerprint density at radius 2 is 1.23 bits per heavy atom. The smallest absolute Gasteiger partial charge is 0.305 e. The van der Waals surface area contributed by atoms with Gasteiger partial charge in [0.2, 0.25) is 0 Å². The van der Waals surface area contributed by atoms with Crippen molar-refractivity contribution in [3.63, 3.8) is 0 Å². The van der Waals surface area contributed by atoms with Crippen molar-refractivity contribution in [1.82, 2.24) is 4.90 Å². The van der Waals surface area contributed by atoms with E-state index in [0.717, 1.165) is 64.3 Å². The second-order valence-corrected chi connectivity index (χ2v) is 12.2.